The number of hydrogen-bond acceptors (Lipinski definition) is 6. The van der Waals surface area contributed by atoms with Crippen LogP contribution in [-0.4, -0.2) is 38.5 Å². The molecular weight excluding hydrogens is 453 g/mol. The maximum Gasteiger partial charge on any atom is 0.325 e. The van der Waals surface area contributed by atoms with Crippen molar-refractivity contribution in [2.24, 2.45) is 5.92 Å². The Morgan fingerprint density at radius 2 is 1.58 bits per heavy atom. The van der Waals surface area contributed by atoms with E-state index in [1.165, 1.54) is 19.1 Å². The van der Waals surface area contributed by atoms with Gasteiger partial charge in [0.05, 0.1) is 0 Å². The number of sulfonamides is 1. The summed E-state index contributed by atoms with van der Waals surface area (Å²) in [6, 6.07) is 11.5. The number of rotatable bonds is 9. The monoisotopic (exact) mass is 479 g/mol. The minimum Gasteiger partial charge on any atom is -0.451 e. The van der Waals surface area contributed by atoms with Gasteiger partial charge in [0.15, 0.2) is 6.10 Å². The zero-order valence-electron chi connectivity index (χ0n) is 18.4. The fourth-order valence-corrected chi connectivity index (χ4v) is 4.10. The molecule has 0 heterocycles. The van der Waals surface area contributed by atoms with E-state index in [1.54, 1.807) is 38.1 Å². The fraction of sp³-hybridized carbons (Fsp3) is 0.318. The highest BCUT2D eigenvalue weighted by Gasteiger charge is 2.33. The molecule has 1 unspecified atom stereocenters. The van der Waals surface area contributed by atoms with Gasteiger partial charge in [0, 0.05) is 6.54 Å². The van der Waals surface area contributed by atoms with Crippen LogP contribution in [0.3, 0.4) is 0 Å². The van der Waals surface area contributed by atoms with E-state index < -0.39 is 56.7 Å². The minimum atomic E-state index is -4.38. The smallest absolute Gasteiger partial charge is 0.325 e. The molecule has 11 heteroatoms. The maximum atomic E-state index is 13.9. The number of imide groups is 1. The molecule has 0 radical (unpaired) electrons. The molecule has 0 aliphatic heterocycles. The lowest BCUT2D eigenvalue weighted by atomic mass is 10.1. The molecule has 2 aromatic rings. The van der Waals surface area contributed by atoms with Gasteiger partial charge in [0.2, 0.25) is 10.0 Å². The van der Waals surface area contributed by atoms with E-state index in [2.05, 4.69) is 15.4 Å². The number of carbonyl (C=O) groups is 3. The van der Waals surface area contributed by atoms with E-state index in [-0.39, 0.29) is 6.54 Å². The van der Waals surface area contributed by atoms with Gasteiger partial charge < -0.3 is 10.1 Å². The molecule has 2 rings (SSSR count). The van der Waals surface area contributed by atoms with E-state index in [4.69, 9.17) is 4.74 Å². The summed E-state index contributed by atoms with van der Waals surface area (Å²) < 4.78 is 46.2. The van der Waals surface area contributed by atoms with Crippen molar-refractivity contribution in [3.8, 4) is 0 Å². The average Bonchev–Trinajstić information content (AvgIpc) is 2.76. The zero-order valence-corrected chi connectivity index (χ0v) is 19.2. The van der Waals surface area contributed by atoms with E-state index >= 15 is 0 Å². The van der Waals surface area contributed by atoms with Gasteiger partial charge in [0.1, 0.15) is 16.8 Å². The van der Waals surface area contributed by atoms with Crippen molar-refractivity contribution in [2.45, 2.75) is 44.4 Å². The van der Waals surface area contributed by atoms with Crippen LogP contribution in [0.4, 0.5) is 9.18 Å². The van der Waals surface area contributed by atoms with Crippen molar-refractivity contribution in [3.05, 3.63) is 66.0 Å². The third kappa shape index (κ3) is 7.65. The lowest BCUT2D eigenvalue weighted by molar-refractivity contribution is -0.157. The molecule has 0 aliphatic carbocycles. The number of benzene rings is 2. The molecule has 2 aromatic carbocycles. The number of halogens is 1. The molecule has 3 N–H and O–H groups in total. The predicted octanol–water partition coefficient (Wildman–Crippen LogP) is 2.09. The van der Waals surface area contributed by atoms with Crippen LogP contribution in [-0.2, 0) is 30.9 Å². The molecule has 0 saturated carbocycles. The van der Waals surface area contributed by atoms with Crippen LogP contribution in [0.5, 0.6) is 0 Å². The minimum absolute atomic E-state index is 0.182. The molecule has 33 heavy (non-hydrogen) atoms. The molecule has 178 valence electrons. The summed E-state index contributed by atoms with van der Waals surface area (Å²) in [4.78, 5) is 36.1. The Kier molecular flexibility index (Phi) is 9.06. The van der Waals surface area contributed by atoms with Crippen LogP contribution in [0.15, 0.2) is 59.5 Å². The lowest BCUT2D eigenvalue weighted by Crippen LogP contribution is -2.49. The molecule has 0 saturated heterocycles. The molecule has 9 nitrogen and oxygen atoms in total. The standard InChI is InChI=1S/C22H26FN3O6S/c1-14(2)19(26-33(30,31)18-12-8-7-11-17(18)23)21(28)32-15(3)20(27)25-22(29)24-13-16-9-5-4-6-10-16/h4-12,14-15,19,26H,13H2,1-3H3,(H2,24,25,27,29)/t15?,19-/m0/s1. The van der Waals surface area contributed by atoms with Crippen LogP contribution in [0.1, 0.15) is 26.3 Å². The fourth-order valence-electron chi connectivity index (χ4n) is 2.69. The highest BCUT2D eigenvalue weighted by molar-refractivity contribution is 7.89. The first-order valence-corrected chi connectivity index (χ1v) is 11.6. The van der Waals surface area contributed by atoms with E-state index in [9.17, 15) is 27.2 Å². The number of esters is 1. The molecule has 0 aliphatic rings. The molecular formula is C22H26FN3O6S. The maximum absolute atomic E-state index is 13.9. The van der Waals surface area contributed by atoms with Crippen molar-refractivity contribution in [3.63, 3.8) is 0 Å². The molecule has 0 aromatic heterocycles. The number of hydrogen-bond donors (Lipinski definition) is 3. The van der Waals surface area contributed by atoms with Crippen molar-refractivity contribution in [1.29, 1.82) is 0 Å². The second kappa shape index (κ2) is 11.5. The second-order valence-electron chi connectivity index (χ2n) is 7.51. The first kappa shape index (κ1) is 25.9. The van der Waals surface area contributed by atoms with Gasteiger partial charge in [-0.15, -0.1) is 0 Å². The van der Waals surface area contributed by atoms with Gasteiger partial charge in [-0.05, 0) is 30.5 Å². The number of nitrogens with one attached hydrogen (secondary N) is 3. The van der Waals surface area contributed by atoms with Crippen molar-refractivity contribution < 1.29 is 31.9 Å². The van der Waals surface area contributed by atoms with Crippen molar-refractivity contribution in [1.82, 2.24) is 15.4 Å². The Morgan fingerprint density at radius 1 is 0.970 bits per heavy atom. The molecule has 3 amide bonds. The summed E-state index contributed by atoms with van der Waals surface area (Å²) in [6.07, 6.45) is -1.39. The molecule has 0 bridgehead atoms. The number of carbonyl (C=O) groups excluding carboxylic acids is 3. The van der Waals surface area contributed by atoms with Gasteiger partial charge in [-0.3, -0.25) is 14.9 Å². The van der Waals surface area contributed by atoms with Crippen LogP contribution < -0.4 is 15.4 Å². The lowest BCUT2D eigenvalue weighted by Gasteiger charge is -2.23. The first-order chi connectivity index (χ1) is 15.5. The highest BCUT2D eigenvalue weighted by Crippen LogP contribution is 2.16. The summed E-state index contributed by atoms with van der Waals surface area (Å²) in [5.74, 6) is -3.50. The largest absolute Gasteiger partial charge is 0.451 e. The van der Waals surface area contributed by atoms with Crippen LogP contribution in [0, 0.1) is 11.7 Å². The normalized spacial score (nSPS) is 13.1. The number of ether oxygens (including phenoxy) is 1. The Bertz CT molecular complexity index is 1090. The summed E-state index contributed by atoms with van der Waals surface area (Å²) in [6.45, 7) is 4.52. The Morgan fingerprint density at radius 3 is 2.18 bits per heavy atom. The van der Waals surface area contributed by atoms with Crippen LogP contribution in [0.2, 0.25) is 0 Å². The number of amides is 3. The van der Waals surface area contributed by atoms with Gasteiger partial charge in [-0.2, -0.15) is 4.72 Å². The average molecular weight is 480 g/mol. The van der Waals surface area contributed by atoms with Crippen LogP contribution in [0.25, 0.3) is 0 Å². The predicted molar refractivity (Wildman–Crippen MR) is 118 cm³/mol. The number of urea groups is 1. The Labute approximate surface area is 191 Å². The Hall–Kier alpha value is -3.31. The first-order valence-electron chi connectivity index (χ1n) is 10.1. The molecule has 0 spiro atoms. The molecule has 2 atom stereocenters. The van der Waals surface area contributed by atoms with Crippen molar-refractivity contribution >= 4 is 27.9 Å². The van der Waals surface area contributed by atoms with Gasteiger partial charge in [-0.1, -0.05) is 56.3 Å². The summed E-state index contributed by atoms with van der Waals surface area (Å²) in [7, 11) is -4.38. The van der Waals surface area contributed by atoms with Gasteiger partial charge in [-0.25, -0.2) is 17.6 Å². The second-order valence-corrected chi connectivity index (χ2v) is 9.19. The van der Waals surface area contributed by atoms with Crippen LogP contribution >= 0.6 is 0 Å². The molecule has 0 fully saturated rings. The zero-order chi connectivity index (χ0) is 24.6. The third-order valence-corrected chi connectivity index (χ3v) is 6.00. The third-order valence-electron chi connectivity index (χ3n) is 4.52. The summed E-state index contributed by atoms with van der Waals surface area (Å²) >= 11 is 0. The van der Waals surface area contributed by atoms with Gasteiger partial charge >= 0.3 is 12.0 Å². The van der Waals surface area contributed by atoms with Gasteiger partial charge in [0.25, 0.3) is 5.91 Å². The highest BCUT2D eigenvalue weighted by atomic mass is 32.2. The topological polar surface area (TPSA) is 131 Å². The quantitative estimate of drug-likeness (QED) is 0.472. The Balaban J connectivity index is 1.96. The van der Waals surface area contributed by atoms with E-state index in [1.807, 2.05) is 6.07 Å². The summed E-state index contributed by atoms with van der Waals surface area (Å²) in [5, 5.41) is 4.55. The van der Waals surface area contributed by atoms with E-state index in [0.717, 1.165) is 17.7 Å². The van der Waals surface area contributed by atoms with E-state index in [0.29, 0.717) is 0 Å². The summed E-state index contributed by atoms with van der Waals surface area (Å²) in [5.41, 5.74) is 0.821. The SMILES string of the molecule is CC(OC(=O)[C@@H](NS(=O)(=O)c1ccccc1F)C(C)C)C(=O)NC(=O)NCc1ccccc1. The van der Waals surface area contributed by atoms with Crippen molar-refractivity contribution in [2.75, 3.05) is 0 Å².